The number of hydrogen-bond acceptors (Lipinski definition) is 2. The van der Waals surface area contributed by atoms with Gasteiger partial charge in [0.1, 0.15) is 5.82 Å². The molecule has 0 aromatic heterocycles. The van der Waals surface area contributed by atoms with E-state index in [0.717, 1.165) is 6.07 Å². The molecule has 0 unspecified atom stereocenters. The van der Waals surface area contributed by atoms with Crippen molar-refractivity contribution in [2.45, 2.75) is 6.92 Å². The Morgan fingerprint density at radius 2 is 1.90 bits per heavy atom. The first-order valence-electron chi connectivity index (χ1n) is 5.99. The monoisotopic (exact) mass is 307 g/mol. The van der Waals surface area contributed by atoms with Gasteiger partial charge in [-0.3, -0.25) is 4.79 Å². The summed E-state index contributed by atoms with van der Waals surface area (Å²) in [7, 11) is 0. The van der Waals surface area contributed by atoms with Crippen molar-refractivity contribution < 1.29 is 19.1 Å². The largest absolute Gasteiger partial charge is 0.478 e. The van der Waals surface area contributed by atoms with Crippen LogP contribution in [0.4, 0.5) is 10.1 Å². The highest BCUT2D eigenvalue weighted by molar-refractivity contribution is 6.30. The molecule has 0 spiro atoms. The highest BCUT2D eigenvalue weighted by atomic mass is 35.5. The minimum absolute atomic E-state index is 0.291. The molecule has 0 aliphatic rings. The van der Waals surface area contributed by atoms with Gasteiger partial charge in [0.25, 0.3) is 5.91 Å². The lowest BCUT2D eigenvalue weighted by molar-refractivity contribution is 0.0697. The average molecular weight is 308 g/mol. The minimum Gasteiger partial charge on any atom is -0.478 e. The molecule has 2 aromatic rings. The fourth-order valence-electron chi connectivity index (χ4n) is 1.89. The van der Waals surface area contributed by atoms with Gasteiger partial charge in [0.2, 0.25) is 0 Å². The van der Waals surface area contributed by atoms with E-state index in [-0.39, 0.29) is 11.3 Å². The summed E-state index contributed by atoms with van der Waals surface area (Å²) in [4.78, 5) is 23.2. The summed E-state index contributed by atoms with van der Waals surface area (Å²) in [6, 6.07) is 8.18. The molecule has 0 aliphatic carbocycles. The first-order valence-corrected chi connectivity index (χ1v) is 6.37. The van der Waals surface area contributed by atoms with E-state index in [0.29, 0.717) is 16.1 Å². The van der Waals surface area contributed by atoms with Gasteiger partial charge in [-0.05, 0) is 42.8 Å². The predicted molar refractivity (Wildman–Crippen MR) is 77.5 cm³/mol. The highest BCUT2D eigenvalue weighted by Gasteiger charge is 2.18. The Labute approximate surface area is 125 Å². The van der Waals surface area contributed by atoms with Crippen molar-refractivity contribution in [3.63, 3.8) is 0 Å². The van der Waals surface area contributed by atoms with Crippen LogP contribution in [0.2, 0.25) is 5.02 Å². The maximum Gasteiger partial charge on any atom is 0.337 e. The van der Waals surface area contributed by atoms with Gasteiger partial charge in [-0.2, -0.15) is 0 Å². The summed E-state index contributed by atoms with van der Waals surface area (Å²) in [6.45, 7) is 1.68. The lowest BCUT2D eigenvalue weighted by Crippen LogP contribution is -2.17. The Hall–Kier alpha value is -2.40. The topological polar surface area (TPSA) is 66.4 Å². The van der Waals surface area contributed by atoms with Gasteiger partial charge < -0.3 is 10.4 Å². The van der Waals surface area contributed by atoms with E-state index in [1.54, 1.807) is 13.0 Å². The molecule has 21 heavy (non-hydrogen) atoms. The van der Waals surface area contributed by atoms with Gasteiger partial charge in [-0.1, -0.05) is 17.7 Å². The second-order valence-corrected chi connectivity index (χ2v) is 4.82. The first-order chi connectivity index (χ1) is 9.90. The smallest absolute Gasteiger partial charge is 0.337 e. The van der Waals surface area contributed by atoms with Crippen LogP contribution in [0.3, 0.4) is 0 Å². The zero-order valence-corrected chi connectivity index (χ0v) is 11.7. The lowest BCUT2D eigenvalue weighted by Gasteiger charge is -2.11. The summed E-state index contributed by atoms with van der Waals surface area (Å²) < 4.78 is 13.8. The number of carboxylic acids is 1. The molecule has 2 aromatic carbocycles. The summed E-state index contributed by atoms with van der Waals surface area (Å²) in [5, 5.41) is 11.8. The van der Waals surface area contributed by atoms with E-state index in [2.05, 4.69) is 5.32 Å². The van der Waals surface area contributed by atoms with Crippen LogP contribution in [-0.4, -0.2) is 17.0 Å². The van der Waals surface area contributed by atoms with Crippen LogP contribution in [0, 0.1) is 12.7 Å². The summed E-state index contributed by atoms with van der Waals surface area (Å²) >= 11 is 5.80. The third kappa shape index (κ3) is 3.20. The van der Waals surface area contributed by atoms with Crippen molar-refractivity contribution in [1.29, 1.82) is 0 Å². The second-order valence-electron chi connectivity index (χ2n) is 4.38. The molecule has 2 N–H and O–H groups in total. The van der Waals surface area contributed by atoms with E-state index in [1.165, 1.54) is 24.3 Å². The summed E-state index contributed by atoms with van der Waals surface area (Å²) in [5.74, 6) is -2.73. The van der Waals surface area contributed by atoms with Gasteiger partial charge >= 0.3 is 5.97 Å². The number of para-hydroxylation sites is 1. The number of rotatable bonds is 3. The predicted octanol–water partition coefficient (Wildman–Crippen LogP) is 3.74. The molecule has 0 saturated carbocycles. The molecule has 4 nitrogen and oxygen atoms in total. The number of hydrogen-bond donors (Lipinski definition) is 2. The number of carbonyl (C=O) groups excluding carboxylic acids is 1. The molecule has 2 rings (SSSR count). The van der Waals surface area contributed by atoms with Crippen molar-refractivity contribution in [3.05, 3.63) is 63.9 Å². The van der Waals surface area contributed by atoms with Crippen LogP contribution in [0.15, 0.2) is 36.4 Å². The lowest BCUT2D eigenvalue weighted by atomic mass is 10.1. The van der Waals surface area contributed by atoms with Gasteiger partial charge in [0.05, 0.1) is 11.3 Å². The number of carbonyl (C=O) groups is 2. The Morgan fingerprint density at radius 1 is 1.19 bits per heavy atom. The van der Waals surface area contributed by atoms with Crippen LogP contribution in [0.25, 0.3) is 0 Å². The van der Waals surface area contributed by atoms with E-state index < -0.39 is 17.7 Å². The minimum atomic E-state index is -1.32. The number of benzene rings is 2. The fourth-order valence-corrected chi connectivity index (χ4v) is 2.12. The molecule has 0 atom stereocenters. The number of anilines is 1. The van der Waals surface area contributed by atoms with E-state index in [1.807, 2.05) is 0 Å². The maximum absolute atomic E-state index is 13.8. The number of aromatic carboxylic acids is 1. The van der Waals surface area contributed by atoms with E-state index >= 15 is 0 Å². The molecular weight excluding hydrogens is 297 g/mol. The Balaban J connectivity index is 2.38. The van der Waals surface area contributed by atoms with E-state index in [9.17, 15) is 14.0 Å². The fraction of sp³-hybridized carbons (Fsp3) is 0.0667. The third-order valence-electron chi connectivity index (χ3n) is 2.92. The number of amides is 1. The van der Waals surface area contributed by atoms with Crippen LogP contribution < -0.4 is 5.32 Å². The zero-order chi connectivity index (χ0) is 15.6. The van der Waals surface area contributed by atoms with Crippen LogP contribution in [0.5, 0.6) is 0 Å². The molecule has 0 fully saturated rings. The summed E-state index contributed by atoms with van der Waals surface area (Å²) in [6.07, 6.45) is 0. The van der Waals surface area contributed by atoms with Crippen LogP contribution >= 0.6 is 11.6 Å². The van der Waals surface area contributed by atoms with Gasteiger partial charge in [-0.15, -0.1) is 0 Å². The van der Waals surface area contributed by atoms with Gasteiger partial charge in [0.15, 0.2) is 0 Å². The van der Waals surface area contributed by atoms with Crippen LogP contribution in [0.1, 0.15) is 26.3 Å². The molecule has 0 saturated heterocycles. The molecule has 108 valence electrons. The molecule has 0 heterocycles. The molecular formula is C15H11ClFNO3. The highest BCUT2D eigenvalue weighted by Crippen LogP contribution is 2.22. The standard InChI is InChI=1S/C15H11ClFNO3/c1-8-7-9(16)5-6-10(8)14(19)18-13-11(15(20)21)3-2-4-12(13)17/h2-7H,1H3,(H,18,19)(H,20,21). The molecule has 6 heteroatoms. The molecule has 0 radical (unpaired) electrons. The Kier molecular flexibility index (Phi) is 4.23. The maximum atomic E-state index is 13.8. The van der Waals surface area contributed by atoms with Crippen molar-refractivity contribution in [1.82, 2.24) is 0 Å². The van der Waals surface area contributed by atoms with Crippen molar-refractivity contribution >= 4 is 29.2 Å². The zero-order valence-electron chi connectivity index (χ0n) is 11.0. The second kappa shape index (κ2) is 5.93. The average Bonchev–Trinajstić information content (AvgIpc) is 2.40. The van der Waals surface area contributed by atoms with Gasteiger partial charge in [0, 0.05) is 10.6 Å². The molecule has 1 amide bonds. The Morgan fingerprint density at radius 3 is 2.52 bits per heavy atom. The number of halogens is 2. The Bertz CT molecular complexity index is 731. The summed E-state index contributed by atoms with van der Waals surface area (Å²) in [5.41, 5.74) is 0.228. The molecule has 0 bridgehead atoms. The van der Waals surface area contributed by atoms with Crippen molar-refractivity contribution in [3.8, 4) is 0 Å². The van der Waals surface area contributed by atoms with Crippen molar-refractivity contribution in [2.75, 3.05) is 5.32 Å². The van der Waals surface area contributed by atoms with Gasteiger partial charge in [-0.25, -0.2) is 9.18 Å². The quantitative estimate of drug-likeness (QED) is 0.907. The SMILES string of the molecule is Cc1cc(Cl)ccc1C(=O)Nc1c(F)cccc1C(=O)O. The first kappa shape index (κ1) is 15.0. The number of carboxylic acid groups (broad SMARTS) is 1. The van der Waals surface area contributed by atoms with Crippen LogP contribution in [-0.2, 0) is 0 Å². The normalized spacial score (nSPS) is 10.2. The number of nitrogens with one attached hydrogen (secondary N) is 1. The third-order valence-corrected chi connectivity index (χ3v) is 3.15. The molecule has 0 aliphatic heterocycles. The van der Waals surface area contributed by atoms with E-state index in [4.69, 9.17) is 16.7 Å². The van der Waals surface area contributed by atoms with Crippen molar-refractivity contribution in [2.24, 2.45) is 0 Å². The number of aryl methyl sites for hydroxylation is 1.